The number of hydrogen-bond donors (Lipinski definition) is 0. The lowest BCUT2D eigenvalue weighted by molar-refractivity contribution is -0.134. The Morgan fingerprint density at radius 3 is 2.35 bits per heavy atom. The smallest absolute Gasteiger partial charge is 0.408 e. The van der Waals surface area contributed by atoms with Crippen molar-refractivity contribution in [1.29, 1.82) is 0 Å². The number of sulfonamides is 1. The normalized spacial score (nSPS) is 24.0. The molecule has 0 radical (unpaired) electrons. The lowest BCUT2D eigenvalue weighted by Crippen LogP contribution is -2.44. The molecule has 2 aliphatic rings. The van der Waals surface area contributed by atoms with Crippen molar-refractivity contribution in [3.05, 3.63) is 28.7 Å². The molecule has 170 valence electrons. The van der Waals surface area contributed by atoms with Gasteiger partial charge in [0.25, 0.3) is 0 Å². The average molecular weight is 450 g/mol. The number of carbonyl (C=O) groups excluding carboxylic acids is 1. The topological polar surface area (TPSA) is 92.8 Å². The highest BCUT2D eigenvalue weighted by molar-refractivity contribution is 7.89. The second-order valence-electron chi connectivity index (χ2n) is 9.42. The number of benzene rings is 1. The third-order valence-electron chi connectivity index (χ3n) is 6.54. The van der Waals surface area contributed by atoms with Crippen molar-refractivity contribution in [2.24, 2.45) is 17.8 Å². The van der Waals surface area contributed by atoms with Gasteiger partial charge in [0.2, 0.25) is 15.9 Å². The predicted molar refractivity (Wildman–Crippen MR) is 117 cm³/mol. The number of piperidine rings is 2. The molecule has 1 amide bonds. The molecule has 1 aromatic heterocycles. The second kappa shape index (κ2) is 8.43. The fraction of sp³-hybridized carbons (Fsp3) is 0.636. The predicted octanol–water partition coefficient (Wildman–Crippen LogP) is 2.52. The Bertz CT molecular complexity index is 1120. The monoisotopic (exact) mass is 449 g/mol. The Labute approximate surface area is 182 Å². The van der Waals surface area contributed by atoms with Gasteiger partial charge >= 0.3 is 5.76 Å². The molecule has 1 aromatic carbocycles. The van der Waals surface area contributed by atoms with E-state index < -0.39 is 15.8 Å². The maximum atomic E-state index is 13.0. The van der Waals surface area contributed by atoms with Crippen LogP contribution in [0.4, 0.5) is 0 Å². The summed E-state index contributed by atoms with van der Waals surface area (Å²) in [5.41, 5.74) is 0.618. The molecule has 3 heterocycles. The van der Waals surface area contributed by atoms with Crippen molar-refractivity contribution >= 4 is 27.0 Å². The molecule has 9 heteroatoms. The molecule has 8 nitrogen and oxygen atoms in total. The first kappa shape index (κ1) is 22.1. The Morgan fingerprint density at radius 2 is 1.71 bits per heavy atom. The molecule has 0 saturated carbocycles. The minimum absolute atomic E-state index is 0.110. The molecule has 0 spiro atoms. The van der Waals surface area contributed by atoms with Crippen molar-refractivity contribution in [2.45, 2.75) is 51.5 Å². The number of fused-ring (bicyclic) bond motifs is 1. The summed E-state index contributed by atoms with van der Waals surface area (Å²) in [4.78, 5) is 27.2. The summed E-state index contributed by atoms with van der Waals surface area (Å²) in [5, 5.41) is 0. The van der Waals surface area contributed by atoms with Crippen LogP contribution in [0.5, 0.6) is 0 Å². The standard InChI is InChI=1S/C22H31N3O5S/c1-15-6-8-24(9-7-15)31(28,29)18-4-5-19-20(11-18)30-22(27)25(19)14-21(26)23-12-16(2)10-17(3)13-23/h4-5,11,15-17H,6-10,12-14H2,1-3H3/t16-,17-/m0/s1. The van der Waals surface area contributed by atoms with Gasteiger partial charge < -0.3 is 9.32 Å². The summed E-state index contributed by atoms with van der Waals surface area (Å²) in [6, 6.07) is 4.46. The van der Waals surface area contributed by atoms with E-state index in [4.69, 9.17) is 4.42 Å². The number of oxazole rings is 1. The highest BCUT2D eigenvalue weighted by Gasteiger charge is 2.30. The van der Waals surface area contributed by atoms with Gasteiger partial charge in [0.1, 0.15) is 6.54 Å². The van der Waals surface area contributed by atoms with Gasteiger partial charge in [-0.2, -0.15) is 4.31 Å². The van der Waals surface area contributed by atoms with Crippen LogP contribution in [0.15, 0.2) is 32.3 Å². The number of carbonyl (C=O) groups is 1. The van der Waals surface area contributed by atoms with Crippen LogP contribution in [-0.4, -0.2) is 54.3 Å². The number of rotatable bonds is 4. The van der Waals surface area contributed by atoms with E-state index in [0.29, 0.717) is 49.4 Å². The lowest BCUT2D eigenvalue weighted by Gasteiger charge is -2.35. The molecule has 0 unspecified atom stereocenters. The number of nitrogens with zero attached hydrogens (tertiary/aromatic N) is 3. The summed E-state index contributed by atoms with van der Waals surface area (Å²) in [5.74, 6) is 0.599. The third-order valence-corrected chi connectivity index (χ3v) is 8.43. The zero-order valence-corrected chi connectivity index (χ0v) is 19.2. The van der Waals surface area contributed by atoms with Gasteiger partial charge in [-0.3, -0.25) is 9.36 Å². The SMILES string of the molecule is CC1CCN(S(=O)(=O)c2ccc3c(c2)oc(=O)n3CC(=O)N2C[C@@H](C)C[C@H](C)C2)CC1. The molecule has 31 heavy (non-hydrogen) atoms. The fourth-order valence-electron chi connectivity index (χ4n) is 4.83. The minimum atomic E-state index is -3.65. The Balaban J connectivity index is 1.58. The van der Waals surface area contributed by atoms with Crippen LogP contribution in [0.2, 0.25) is 0 Å². The first-order valence-electron chi connectivity index (χ1n) is 11.1. The van der Waals surface area contributed by atoms with Crippen LogP contribution >= 0.6 is 0 Å². The molecule has 4 rings (SSSR count). The molecule has 2 aliphatic heterocycles. The first-order chi connectivity index (χ1) is 14.6. The maximum Gasteiger partial charge on any atom is 0.420 e. The van der Waals surface area contributed by atoms with Crippen LogP contribution in [0, 0.1) is 17.8 Å². The number of aromatic nitrogens is 1. The van der Waals surface area contributed by atoms with Crippen molar-refractivity contribution in [3.63, 3.8) is 0 Å². The third kappa shape index (κ3) is 4.43. The van der Waals surface area contributed by atoms with Gasteiger partial charge in [-0.05, 0) is 49.1 Å². The zero-order valence-electron chi connectivity index (χ0n) is 18.4. The van der Waals surface area contributed by atoms with Crippen LogP contribution in [0.3, 0.4) is 0 Å². The lowest BCUT2D eigenvalue weighted by atomic mass is 9.92. The number of likely N-dealkylation sites (tertiary alicyclic amines) is 1. The van der Waals surface area contributed by atoms with Crippen LogP contribution in [-0.2, 0) is 21.4 Å². The van der Waals surface area contributed by atoms with E-state index in [1.165, 1.54) is 21.0 Å². The molecule has 2 aromatic rings. The summed E-state index contributed by atoms with van der Waals surface area (Å²) >= 11 is 0. The van der Waals surface area contributed by atoms with Crippen LogP contribution in [0.25, 0.3) is 11.1 Å². The van der Waals surface area contributed by atoms with E-state index >= 15 is 0 Å². The van der Waals surface area contributed by atoms with E-state index in [-0.39, 0.29) is 22.9 Å². The van der Waals surface area contributed by atoms with Crippen molar-refractivity contribution in [3.8, 4) is 0 Å². The molecule has 0 bridgehead atoms. The van der Waals surface area contributed by atoms with E-state index in [1.807, 2.05) is 0 Å². The van der Waals surface area contributed by atoms with Gasteiger partial charge in [0, 0.05) is 32.2 Å². The largest absolute Gasteiger partial charge is 0.420 e. The maximum absolute atomic E-state index is 13.0. The first-order valence-corrected chi connectivity index (χ1v) is 12.5. The van der Waals surface area contributed by atoms with Crippen LogP contribution < -0.4 is 5.76 Å². The molecule has 0 aliphatic carbocycles. The molecule has 2 saturated heterocycles. The molecular weight excluding hydrogens is 418 g/mol. The quantitative estimate of drug-likeness (QED) is 0.715. The Hall–Kier alpha value is -2.13. The molecule has 0 N–H and O–H groups in total. The van der Waals surface area contributed by atoms with Crippen LogP contribution in [0.1, 0.15) is 40.0 Å². The second-order valence-corrected chi connectivity index (χ2v) is 11.4. The fourth-order valence-corrected chi connectivity index (χ4v) is 6.32. The van der Waals surface area contributed by atoms with E-state index in [9.17, 15) is 18.0 Å². The van der Waals surface area contributed by atoms with Gasteiger partial charge in [0.05, 0.1) is 10.4 Å². The van der Waals surface area contributed by atoms with Crippen molar-refractivity contribution < 1.29 is 17.6 Å². The minimum Gasteiger partial charge on any atom is -0.408 e. The van der Waals surface area contributed by atoms with E-state index in [2.05, 4.69) is 20.8 Å². The molecular formula is C22H31N3O5S. The van der Waals surface area contributed by atoms with Gasteiger partial charge in [-0.15, -0.1) is 0 Å². The summed E-state index contributed by atoms with van der Waals surface area (Å²) in [6.45, 7) is 8.62. The molecule has 2 fully saturated rings. The number of hydrogen-bond acceptors (Lipinski definition) is 5. The highest BCUT2D eigenvalue weighted by Crippen LogP contribution is 2.26. The highest BCUT2D eigenvalue weighted by atomic mass is 32.2. The van der Waals surface area contributed by atoms with Gasteiger partial charge in [-0.25, -0.2) is 13.2 Å². The summed E-state index contributed by atoms with van der Waals surface area (Å²) < 4.78 is 34.1. The Morgan fingerprint density at radius 1 is 1.06 bits per heavy atom. The molecule has 2 atom stereocenters. The average Bonchev–Trinajstić information content (AvgIpc) is 3.02. The summed E-state index contributed by atoms with van der Waals surface area (Å²) in [7, 11) is -3.65. The Kier molecular flexibility index (Phi) is 6.00. The van der Waals surface area contributed by atoms with E-state index in [1.54, 1.807) is 11.0 Å². The van der Waals surface area contributed by atoms with Crippen molar-refractivity contribution in [2.75, 3.05) is 26.2 Å². The van der Waals surface area contributed by atoms with Gasteiger partial charge in [-0.1, -0.05) is 20.8 Å². The van der Waals surface area contributed by atoms with Crippen molar-refractivity contribution in [1.82, 2.24) is 13.8 Å². The van der Waals surface area contributed by atoms with E-state index in [0.717, 1.165) is 19.3 Å². The van der Waals surface area contributed by atoms with Gasteiger partial charge in [0.15, 0.2) is 5.58 Å². The zero-order chi connectivity index (χ0) is 22.3. The summed E-state index contributed by atoms with van der Waals surface area (Å²) in [6.07, 6.45) is 2.76. The number of amides is 1.